The molecule has 0 radical (unpaired) electrons. The molecule has 0 saturated carbocycles. The Balaban J connectivity index is 1.57. The Morgan fingerprint density at radius 2 is 2.04 bits per heavy atom. The molecule has 8 heteroatoms. The number of benzene rings is 1. The molecule has 0 unspecified atom stereocenters. The molecule has 1 aromatic heterocycles. The van der Waals surface area contributed by atoms with Crippen molar-refractivity contribution in [2.45, 2.75) is 6.54 Å². The highest BCUT2D eigenvalue weighted by molar-refractivity contribution is 5.90. The van der Waals surface area contributed by atoms with Gasteiger partial charge in [-0.25, -0.2) is 9.67 Å². The lowest BCUT2D eigenvalue weighted by molar-refractivity contribution is -0.116. The van der Waals surface area contributed by atoms with Crippen LogP contribution in [-0.4, -0.2) is 47.0 Å². The molecule has 1 aliphatic heterocycles. The first-order valence-corrected chi connectivity index (χ1v) is 7.27. The largest absolute Gasteiger partial charge is 0.378 e. The summed E-state index contributed by atoms with van der Waals surface area (Å²) in [4.78, 5) is 18.0. The zero-order chi connectivity index (χ0) is 16.1. The first-order chi connectivity index (χ1) is 11.2. The van der Waals surface area contributed by atoms with Crippen LogP contribution in [0.2, 0.25) is 0 Å². The van der Waals surface area contributed by atoms with E-state index in [1.807, 2.05) is 30.3 Å². The molecule has 0 aliphatic carbocycles. The van der Waals surface area contributed by atoms with Gasteiger partial charge in [0.2, 0.25) is 5.91 Å². The zero-order valence-corrected chi connectivity index (χ0v) is 12.5. The summed E-state index contributed by atoms with van der Waals surface area (Å²) in [7, 11) is 0. The molecule has 23 heavy (non-hydrogen) atoms. The summed E-state index contributed by atoms with van der Waals surface area (Å²) >= 11 is 0. The second-order valence-electron chi connectivity index (χ2n) is 5.07. The van der Waals surface area contributed by atoms with Crippen LogP contribution in [0.5, 0.6) is 0 Å². The van der Waals surface area contributed by atoms with Crippen LogP contribution in [0.4, 0.5) is 11.4 Å². The summed E-state index contributed by atoms with van der Waals surface area (Å²) in [5.41, 5.74) is 1.83. The van der Waals surface area contributed by atoms with Gasteiger partial charge in [-0.15, -0.1) is 5.10 Å². The molecule has 2 heterocycles. The first kappa shape index (κ1) is 15.0. The van der Waals surface area contributed by atoms with E-state index in [0.29, 0.717) is 5.69 Å². The number of hydrogen-bond acceptors (Lipinski definition) is 6. The highest BCUT2D eigenvalue weighted by Crippen LogP contribution is 2.19. The van der Waals surface area contributed by atoms with Gasteiger partial charge in [0.15, 0.2) is 0 Å². The molecule has 3 rings (SSSR count). The van der Waals surface area contributed by atoms with Crippen molar-refractivity contribution in [2.75, 3.05) is 36.5 Å². The van der Waals surface area contributed by atoms with Crippen molar-refractivity contribution < 1.29 is 9.53 Å². The molecule has 1 amide bonds. The summed E-state index contributed by atoms with van der Waals surface area (Å²) in [5.74, 6) is -0.175. The predicted molar refractivity (Wildman–Crippen MR) is 82.8 cm³/mol. The first-order valence-electron chi connectivity index (χ1n) is 7.27. The van der Waals surface area contributed by atoms with E-state index in [1.54, 1.807) is 0 Å². The maximum absolute atomic E-state index is 12.0. The van der Waals surface area contributed by atoms with Crippen LogP contribution in [0, 0.1) is 11.3 Å². The summed E-state index contributed by atoms with van der Waals surface area (Å²) in [6, 6.07) is 9.50. The van der Waals surface area contributed by atoms with Gasteiger partial charge in [-0.3, -0.25) is 4.79 Å². The van der Waals surface area contributed by atoms with Gasteiger partial charge in [-0.05, 0) is 24.3 Å². The van der Waals surface area contributed by atoms with Crippen LogP contribution in [0.25, 0.3) is 0 Å². The van der Waals surface area contributed by atoms with E-state index in [0.717, 1.165) is 32.0 Å². The summed E-state index contributed by atoms with van der Waals surface area (Å²) in [6.07, 6.45) is 1.36. The van der Waals surface area contributed by atoms with Crippen LogP contribution in [0.15, 0.2) is 30.6 Å². The number of aromatic nitrogens is 3. The second-order valence-corrected chi connectivity index (χ2v) is 5.07. The molecule has 1 aliphatic rings. The smallest absolute Gasteiger partial charge is 0.252 e. The van der Waals surface area contributed by atoms with Crippen LogP contribution in [-0.2, 0) is 16.1 Å². The van der Waals surface area contributed by atoms with Crippen LogP contribution < -0.4 is 10.2 Å². The third-order valence-electron chi connectivity index (χ3n) is 3.47. The lowest BCUT2D eigenvalue weighted by atomic mass is 10.2. The van der Waals surface area contributed by atoms with Gasteiger partial charge < -0.3 is 15.0 Å². The summed E-state index contributed by atoms with van der Waals surface area (Å²) < 4.78 is 6.66. The highest BCUT2D eigenvalue weighted by Gasteiger charge is 2.11. The Labute approximate surface area is 133 Å². The fourth-order valence-corrected chi connectivity index (χ4v) is 2.35. The third kappa shape index (κ3) is 3.84. The lowest BCUT2D eigenvalue weighted by Gasteiger charge is -2.28. The molecule has 1 aromatic carbocycles. The van der Waals surface area contributed by atoms with Gasteiger partial charge in [-0.1, -0.05) is 0 Å². The minimum atomic E-state index is -0.224. The number of rotatable bonds is 4. The number of ether oxygens (including phenoxy) is 1. The van der Waals surface area contributed by atoms with E-state index in [2.05, 4.69) is 20.3 Å². The topological polar surface area (TPSA) is 96.1 Å². The molecular formula is C15H16N6O2. The number of amides is 1. The van der Waals surface area contributed by atoms with Crippen LogP contribution in [0.1, 0.15) is 5.82 Å². The van der Waals surface area contributed by atoms with E-state index in [-0.39, 0.29) is 18.3 Å². The maximum Gasteiger partial charge on any atom is 0.252 e. The average Bonchev–Trinajstić information content (AvgIpc) is 3.04. The van der Waals surface area contributed by atoms with E-state index >= 15 is 0 Å². The SMILES string of the molecule is N#Cc1ncn(CC(=O)Nc2ccc(N3CCOCC3)cc2)n1. The van der Waals surface area contributed by atoms with Crippen molar-refractivity contribution in [1.29, 1.82) is 5.26 Å². The molecule has 1 fully saturated rings. The normalized spacial score (nSPS) is 14.3. The fraction of sp³-hybridized carbons (Fsp3) is 0.333. The van der Waals surface area contributed by atoms with Gasteiger partial charge in [0.25, 0.3) is 5.82 Å². The number of nitrogens with zero attached hydrogens (tertiary/aromatic N) is 5. The monoisotopic (exact) mass is 312 g/mol. The van der Waals surface area contributed by atoms with Crippen LogP contribution >= 0.6 is 0 Å². The molecular weight excluding hydrogens is 296 g/mol. The van der Waals surface area contributed by atoms with Crippen molar-refractivity contribution in [3.8, 4) is 6.07 Å². The Morgan fingerprint density at radius 1 is 1.30 bits per heavy atom. The molecule has 0 bridgehead atoms. The Bertz CT molecular complexity index is 712. The molecule has 118 valence electrons. The minimum absolute atomic E-state index is 0.0138. The predicted octanol–water partition coefficient (Wildman–Crippen LogP) is 0.625. The van der Waals surface area contributed by atoms with Gasteiger partial charge in [0, 0.05) is 24.5 Å². The van der Waals surface area contributed by atoms with E-state index in [4.69, 9.17) is 10.00 Å². The van der Waals surface area contributed by atoms with Crippen molar-refractivity contribution in [2.24, 2.45) is 0 Å². The number of anilines is 2. The summed E-state index contributed by atoms with van der Waals surface area (Å²) in [6.45, 7) is 3.24. The fourth-order valence-electron chi connectivity index (χ4n) is 2.35. The Hall–Kier alpha value is -2.92. The van der Waals surface area contributed by atoms with Gasteiger partial charge in [-0.2, -0.15) is 5.26 Å². The molecule has 0 spiro atoms. The second kappa shape index (κ2) is 6.89. The quantitative estimate of drug-likeness (QED) is 0.889. The van der Waals surface area contributed by atoms with Crippen molar-refractivity contribution in [3.05, 3.63) is 36.4 Å². The number of hydrogen-bond donors (Lipinski definition) is 1. The Kier molecular flexibility index (Phi) is 4.49. The lowest BCUT2D eigenvalue weighted by Crippen LogP contribution is -2.36. The van der Waals surface area contributed by atoms with Gasteiger partial charge in [0.1, 0.15) is 18.9 Å². The van der Waals surface area contributed by atoms with Crippen molar-refractivity contribution in [1.82, 2.24) is 14.8 Å². The van der Waals surface area contributed by atoms with Gasteiger partial charge >= 0.3 is 0 Å². The van der Waals surface area contributed by atoms with Crippen molar-refractivity contribution >= 4 is 17.3 Å². The number of nitrogens with one attached hydrogen (secondary N) is 1. The number of nitriles is 1. The number of morpholine rings is 1. The minimum Gasteiger partial charge on any atom is -0.378 e. The van der Waals surface area contributed by atoms with Crippen LogP contribution in [0.3, 0.4) is 0 Å². The van der Waals surface area contributed by atoms with Crippen molar-refractivity contribution in [3.63, 3.8) is 0 Å². The Morgan fingerprint density at radius 3 is 2.70 bits per heavy atom. The van der Waals surface area contributed by atoms with E-state index in [1.165, 1.54) is 11.0 Å². The maximum atomic E-state index is 12.0. The summed E-state index contributed by atoms with van der Waals surface area (Å²) in [5, 5.41) is 15.3. The molecule has 0 atom stereocenters. The highest BCUT2D eigenvalue weighted by atomic mass is 16.5. The van der Waals surface area contributed by atoms with E-state index < -0.39 is 0 Å². The average molecular weight is 312 g/mol. The number of carbonyl (C=O) groups excluding carboxylic acids is 1. The zero-order valence-electron chi connectivity index (χ0n) is 12.5. The molecule has 1 saturated heterocycles. The third-order valence-corrected chi connectivity index (χ3v) is 3.47. The molecule has 8 nitrogen and oxygen atoms in total. The molecule has 2 aromatic rings. The standard InChI is InChI=1S/C15H16N6O2/c16-9-14-17-11-21(19-14)10-15(22)18-12-1-3-13(4-2-12)20-5-7-23-8-6-20/h1-4,11H,5-8,10H2,(H,18,22). The van der Waals surface area contributed by atoms with E-state index in [9.17, 15) is 4.79 Å². The number of carbonyl (C=O) groups is 1. The van der Waals surface area contributed by atoms with Gasteiger partial charge in [0.05, 0.1) is 13.2 Å². The molecule has 1 N–H and O–H groups in total.